The van der Waals surface area contributed by atoms with Crippen LogP contribution in [0.5, 0.6) is 0 Å². The first-order chi connectivity index (χ1) is 17.2. The second kappa shape index (κ2) is 11.2. The van der Waals surface area contributed by atoms with Crippen LogP contribution >= 0.6 is 11.6 Å². The zero-order valence-electron chi connectivity index (χ0n) is 21.2. The summed E-state index contributed by atoms with van der Waals surface area (Å²) in [5.74, 6) is -0.0294. The van der Waals surface area contributed by atoms with E-state index in [9.17, 15) is 9.59 Å². The molecule has 190 valence electrons. The first kappa shape index (κ1) is 25.9. The molecule has 0 bridgehead atoms. The summed E-state index contributed by atoms with van der Waals surface area (Å²) in [6.45, 7) is 11.5. The number of amides is 2. The molecule has 36 heavy (non-hydrogen) atoms. The summed E-state index contributed by atoms with van der Waals surface area (Å²) in [6, 6.07) is 11.5. The van der Waals surface area contributed by atoms with Gasteiger partial charge in [-0.2, -0.15) is 5.10 Å². The summed E-state index contributed by atoms with van der Waals surface area (Å²) in [5, 5.41) is 8.17. The normalized spacial score (nSPS) is 15.2. The van der Waals surface area contributed by atoms with Gasteiger partial charge < -0.3 is 10.2 Å². The van der Waals surface area contributed by atoms with Crippen LogP contribution in [0.1, 0.15) is 44.1 Å². The second-order valence-corrected chi connectivity index (χ2v) is 10.0. The number of pyridine rings is 1. The van der Waals surface area contributed by atoms with E-state index in [0.29, 0.717) is 10.6 Å². The second-order valence-electron chi connectivity index (χ2n) is 9.60. The number of carbonyl (C=O) groups excluding carboxylic acids is 2. The van der Waals surface area contributed by atoms with Crippen molar-refractivity contribution in [2.75, 3.05) is 32.7 Å². The van der Waals surface area contributed by atoms with Crippen molar-refractivity contribution in [1.29, 1.82) is 0 Å². The van der Waals surface area contributed by atoms with Crippen LogP contribution in [0.4, 0.5) is 0 Å². The van der Waals surface area contributed by atoms with Crippen molar-refractivity contribution < 1.29 is 9.59 Å². The molecule has 1 saturated heterocycles. The van der Waals surface area contributed by atoms with E-state index in [0.717, 1.165) is 55.2 Å². The number of aromatic nitrogens is 3. The fraction of sp³-hybridized carbons (Fsp3) is 0.407. The topological polar surface area (TPSA) is 83.4 Å². The molecule has 3 aromatic rings. The van der Waals surface area contributed by atoms with E-state index >= 15 is 0 Å². The lowest BCUT2D eigenvalue weighted by Crippen LogP contribution is -2.51. The van der Waals surface area contributed by atoms with Crippen molar-refractivity contribution in [2.24, 2.45) is 0 Å². The van der Waals surface area contributed by atoms with Crippen LogP contribution in [0.15, 0.2) is 48.8 Å². The quantitative estimate of drug-likeness (QED) is 0.519. The van der Waals surface area contributed by atoms with Gasteiger partial charge >= 0.3 is 0 Å². The molecule has 0 spiro atoms. The predicted molar refractivity (Wildman–Crippen MR) is 142 cm³/mol. The van der Waals surface area contributed by atoms with Crippen LogP contribution < -0.4 is 5.32 Å². The van der Waals surface area contributed by atoms with Gasteiger partial charge in [0.25, 0.3) is 5.91 Å². The van der Waals surface area contributed by atoms with Gasteiger partial charge in [0.1, 0.15) is 0 Å². The van der Waals surface area contributed by atoms with E-state index in [1.54, 1.807) is 25.4 Å². The van der Waals surface area contributed by atoms with E-state index in [4.69, 9.17) is 11.6 Å². The summed E-state index contributed by atoms with van der Waals surface area (Å²) in [4.78, 5) is 33.6. The van der Waals surface area contributed by atoms with Crippen molar-refractivity contribution in [3.05, 3.63) is 59.4 Å². The summed E-state index contributed by atoms with van der Waals surface area (Å²) < 4.78 is 1.94. The predicted octanol–water partition coefficient (Wildman–Crippen LogP) is 4.13. The Morgan fingerprint density at radius 3 is 2.39 bits per heavy atom. The molecule has 1 aromatic carbocycles. The average Bonchev–Trinajstić information content (AvgIpc) is 3.35. The van der Waals surface area contributed by atoms with E-state index in [-0.39, 0.29) is 23.9 Å². The number of nitrogens with one attached hydrogen (secondary N) is 1. The third kappa shape index (κ3) is 6.12. The van der Waals surface area contributed by atoms with Crippen molar-refractivity contribution in [3.8, 4) is 22.5 Å². The minimum absolute atomic E-state index is 0.0525. The van der Waals surface area contributed by atoms with Crippen LogP contribution in [0.2, 0.25) is 5.02 Å². The monoisotopic (exact) mass is 508 g/mol. The number of hydrogen-bond acceptors (Lipinski definition) is 5. The Balaban J connectivity index is 1.56. The maximum Gasteiger partial charge on any atom is 0.251 e. The molecule has 0 aliphatic carbocycles. The third-order valence-electron chi connectivity index (χ3n) is 6.40. The summed E-state index contributed by atoms with van der Waals surface area (Å²) >= 11 is 6.05. The zero-order valence-corrected chi connectivity index (χ0v) is 22.0. The Bertz CT molecular complexity index is 1220. The van der Waals surface area contributed by atoms with E-state index in [1.165, 1.54) is 0 Å². The SMILES string of the molecule is CC(=O)N1CCN(CC(C)NC(=O)c2cc(-c3ccc(Cl)cn3)cc(-c3ccnn3C(C)C)c2)CC1. The maximum atomic E-state index is 13.4. The smallest absolute Gasteiger partial charge is 0.251 e. The van der Waals surface area contributed by atoms with Gasteiger partial charge in [-0.25, -0.2) is 0 Å². The largest absolute Gasteiger partial charge is 0.348 e. The van der Waals surface area contributed by atoms with E-state index in [1.807, 2.05) is 46.8 Å². The van der Waals surface area contributed by atoms with Gasteiger partial charge in [-0.05, 0) is 57.2 Å². The zero-order chi connectivity index (χ0) is 25.8. The highest BCUT2D eigenvalue weighted by Crippen LogP contribution is 2.29. The van der Waals surface area contributed by atoms with Crippen molar-refractivity contribution >= 4 is 23.4 Å². The Labute approximate surface area is 217 Å². The molecule has 8 nitrogen and oxygen atoms in total. The highest BCUT2D eigenvalue weighted by molar-refractivity contribution is 6.30. The van der Waals surface area contributed by atoms with Crippen molar-refractivity contribution in [3.63, 3.8) is 0 Å². The fourth-order valence-corrected chi connectivity index (χ4v) is 4.65. The van der Waals surface area contributed by atoms with Gasteiger partial charge in [-0.3, -0.25) is 24.2 Å². The molecular weight excluding hydrogens is 476 g/mol. The number of nitrogens with zero attached hydrogens (tertiary/aromatic N) is 5. The van der Waals surface area contributed by atoms with Gasteiger partial charge in [0.15, 0.2) is 0 Å². The molecule has 1 aliphatic rings. The summed E-state index contributed by atoms with van der Waals surface area (Å²) in [5.41, 5.74) is 3.96. The fourth-order valence-electron chi connectivity index (χ4n) is 4.54. The summed E-state index contributed by atoms with van der Waals surface area (Å²) in [7, 11) is 0. The lowest BCUT2D eigenvalue weighted by molar-refractivity contribution is -0.130. The van der Waals surface area contributed by atoms with Crippen LogP contribution in [-0.4, -0.2) is 75.1 Å². The van der Waals surface area contributed by atoms with Gasteiger partial charge in [-0.1, -0.05) is 11.6 Å². The highest BCUT2D eigenvalue weighted by atomic mass is 35.5. The number of piperazine rings is 1. The van der Waals surface area contributed by atoms with Crippen LogP contribution in [0.3, 0.4) is 0 Å². The van der Waals surface area contributed by atoms with Crippen LogP contribution in [0, 0.1) is 0 Å². The van der Waals surface area contributed by atoms with Crippen molar-refractivity contribution in [2.45, 2.75) is 39.8 Å². The van der Waals surface area contributed by atoms with Crippen molar-refractivity contribution in [1.82, 2.24) is 29.9 Å². The Morgan fingerprint density at radius 1 is 1.03 bits per heavy atom. The highest BCUT2D eigenvalue weighted by Gasteiger charge is 2.21. The minimum Gasteiger partial charge on any atom is -0.348 e. The Hall–Kier alpha value is -3.23. The van der Waals surface area contributed by atoms with E-state index < -0.39 is 0 Å². The molecule has 1 aliphatic heterocycles. The average molecular weight is 509 g/mol. The molecule has 0 saturated carbocycles. The first-order valence-electron chi connectivity index (χ1n) is 12.3. The third-order valence-corrected chi connectivity index (χ3v) is 6.62. The number of halogens is 1. The lowest BCUT2D eigenvalue weighted by Gasteiger charge is -2.35. The molecule has 1 unspecified atom stereocenters. The number of hydrogen-bond donors (Lipinski definition) is 1. The molecule has 0 radical (unpaired) electrons. The van der Waals surface area contributed by atoms with Gasteiger partial charge in [0.05, 0.1) is 16.4 Å². The molecule has 9 heteroatoms. The van der Waals surface area contributed by atoms with Gasteiger partial charge in [0, 0.05) is 80.8 Å². The first-order valence-corrected chi connectivity index (χ1v) is 12.7. The standard InChI is InChI=1S/C27H33ClN6O2/c1-18(2)34-26(7-8-30-34)22-13-21(25-6-5-24(28)16-29-25)14-23(15-22)27(36)31-19(3)17-32-9-11-33(12-10-32)20(4)35/h5-8,13-16,18-19H,9-12,17H2,1-4H3,(H,31,36). The summed E-state index contributed by atoms with van der Waals surface area (Å²) in [6.07, 6.45) is 3.38. The number of rotatable bonds is 7. The van der Waals surface area contributed by atoms with Gasteiger partial charge in [-0.15, -0.1) is 0 Å². The minimum atomic E-state index is -0.141. The number of carbonyl (C=O) groups is 2. The van der Waals surface area contributed by atoms with Crippen LogP contribution in [-0.2, 0) is 4.79 Å². The molecule has 2 amide bonds. The molecule has 1 fully saturated rings. The molecule has 1 atom stereocenters. The van der Waals surface area contributed by atoms with E-state index in [2.05, 4.69) is 34.1 Å². The number of benzene rings is 1. The molecule has 1 N–H and O–H groups in total. The Morgan fingerprint density at radius 2 is 1.75 bits per heavy atom. The Kier molecular flexibility index (Phi) is 8.06. The molecule has 2 aromatic heterocycles. The van der Waals surface area contributed by atoms with Gasteiger partial charge in [0.2, 0.25) is 5.91 Å². The lowest BCUT2D eigenvalue weighted by atomic mass is 10.00. The molecule has 4 rings (SSSR count). The molecular formula is C27H33ClN6O2. The van der Waals surface area contributed by atoms with Crippen LogP contribution in [0.25, 0.3) is 22.5 Å². The molecule has 3 heterocycles. The maximum absolute atomic E-state index is 13.4.